The molecule has 1 aliphatic rings. The fourth-order valence-corrected chi connectivity index (χ4v) is 2.62. The summed E-state index contributed by atoms with van der Waals surface area (Å²) in [5.41, 5.74) is 2.31. The van der Waals surface area contributed by atoms with Gasteiger partial charge in [0.2, 0.25) is 0 Å². The van der Waals surface area contributed by atoms with Crippen molar-refractivity contribution in [3.63, 3.8) is 0 Å². The van der Waals surface area contributed by atoms with Gasteiger partial charge in [0.05, 0.1) is 6.10 Å². The number of fused-ring (bicyclic) bond motifs is 1. The molecular weight excluding hydrogens is 210 g/mol. The lowest BCUT2D eigenvalue weighted by molar-refractivity contribution is 0.155. The lowest BCUT2D eigenvalue weighted by atomic mass is 9.95. The van der Waals surface area contributed by atoms with Crippen LogP contribution in [0.25, 0.3) is 0 Å². The summed E-state index contributed by atoms with van der Waals surface area (Å²) in [6, 6.07) is 2.00. The molecule has 1 N–H and O–H groups in total. The monoisotopic (exact) mass is 227 g/mol. The van der Waals surface area contributed by atoms with Crippen LogP contribution in [0.4, 0.5) is 0 Å². The van der Waals surface area contributed by atoms with Crippen molar-refractivity contribution in [2.45, 2.75) is 31.9 Å². The number of nitrogens with zero attached hydrogens (tertiary/aromatic N) is 1. The first-order valence-corrected chi connectivity index (χ1v) is 7.07. The van der Waals surface area contributed by atoms with Crippen LogP contribution in [0.1, 0.15) is 30.2 Å². The normalized spacial score (nSPS) is 22.4. The highest BCUT2D eigenvalue weighted by Gasteiger charge is 2.20. The Hall–Kier alpha value is -0.610. The van der Waals surface area contributed by atoms with Crippen LogP contribution < -0.4 is 0 Å². The summed E-state index contributed by atoms with van der Waals surface area (Å²) in [4.78, 5) is 0. The lowest BCUT2D eigenvalue weighted by Gasteiger charge is -2.19. The SMILES string of the molecule is CS(=O)CCn1ccc2c1CCCC2O. The third kappa shape index (κ3) is 2.32. The maximum atomic E-state index is 11.0. The molecule has 1 heterocycles. The standard InChI is InChI=1S/C11H17NO2S/c1-15(14)8-7-12-6-5-9-10(12)3-2-4-11(9)13/h5-6,11,13H,2-4,7-8H2,1H3. The average molecular weight is 227 g/mol. The molecule has 15 heavy (non-hydrogen) atoms. The van der Waals surface area contributed by atoms with E-state index < -0.39 is 10.8 Å². The van der Waals surface area contributed by atoms with E-state index >= 15 is 0 Å². The third-order valence-electron chi connectivity index (χ3n) is 2.98. The van der Waals surface area contributed by atoms with Crippen molar-refractivity contribution in [3.8, 4) is 0 Å². The second kappa shape index (κ2) is 4.49. The minimum atomic E-state index is -0.743. The zero-order valence-corrected chi connectivity index (χ0v) is 9.80. The molecular formula is C11H17NO2S. The van der Waals surface area contributed by atoms with Gasteiger partial charge in [-0.1, -0.05) is 0 Å². The van der Waals surface area contributed by atoms with E-state index in [0.717, 1.165) is 31.4 Å². The van der Waals surface area contributed by atoms with Gasteiger partial charge in [-0.05, 0) is 25.3 Å². The van der Waals surface area contributed by atoms with E-state index in [1.54, 1.807) is 6.26 Å². The Morgan fingerprint density at radius 1 is 1.67 bits per heavy atom. The quantitative estimate of drug-likeness (QED) is 0.844. The fourth-order valence-electron chi connectivity index (χ4n) is 2.17. The van der Waals surface area contributed by atoms with Crippen LogP contribution in [0.5, 0.6) is 0 Å². The van der Waals surface area contributed by atoms with Gasteiger partial charge in [-0.3, -0.25) is 4.21 Å². The predicted octanol–water partition coefficient (Wildman–Crippen LogP) is 1.24. The van der Waals surface area contributed by atoms with Crippen molar-refractivity contribution in [1.82, 2.24) is 4.57 Å². The molecule has 0 aliphatic heterocycles. The molecule has 0 saturated heterocycles. The van der Waals surface area contributed by atoms with E-state index in [4.69, 9.17) is 0 Å². The van der Waals surface area contributed by atoms with Crippen LogP contribution in [0, 0.1) is 0 Å². The maximum absolute atomic E-state index is 11.0. The smallest absolute Gasteiger partial charge is 0.0807 e. The number of rotatable bonds is 3. The number of aromatic nitrogens is 1. The van der Waals surface area contributed by atoms with Crippen molar-refractivity contribution in [1.29, 1.82) is 0 Å². The molecule has 0 saturated carbocycles. The Kier molecular flexibility index (Phi) is 3.26. The van der Waals surface area contributed by atoms with Crippen LogP contribution in [0.3, 0.4) is 0 Å². The summed E-state index contributed by atoms with van der Waals surface area (Å²) in [5.74, 6) is 0.692. The summed E-state index contributed by atoms with van der Waals surface area (Å²) in [5, 5.41) is 9.78. The van der Waals surface area contributed by atoms with Crippen LogP contribution in [-0.2, 0) is 23.8 Å². The summed E-state index contributed by atoms with van der Waals surface area (Å²) < 4.78 is 13.2. The minimum Gasteiger partial charge on any atom is -0.388 e. The van der Waals surface area contributed by atoms with Gasteiger partial charge in [0.15, 0.2) is 0 Å². The number of hydrogen-bond donors (Lipinski definition) is 1. The van der Waals surface area contributed by atoms with Crippen molar-refractivity contribution < 1.29 is 9.32 Å². The Morgan fingerprint density at radius 3 is 3.20 bits per heavy atom. The molecule has 0 spiro atoms. The second-order valence-corrected chi connectivity index (χ2v) is 5.65. The van der Waals surface area contributed by atoms with E-state index in [1.165, 1.54) is 5.69 Å². The van der Waals surface area contributed by atoms with E-state index in [-0.39, 0.29) is 6.10 Å². The molecule has 0 aromatic carbocycles. The van der Waals surface area contributed by atoms with Crippen LogP contribution >= 0.6 is 0 Å². The fraction of sp³-hybridized carbons (Fsp3) is 0.636. The maximum Gasteiger partial charge on any atom is 0.0807 e. The second-order valence-electron chi connectivity index (χ2n) is 4.10. The van der Waals surface area contributed by atoms with Gasteiger partial charge >= 0.3 is 0 Å². The van der Waals surface area contributed by atoms with Crippen molar-refractivity contribution >= 4 is 10.8 Å². The van der Waals surface area contributed by atoms with E-state index in [2.05, 4.69) is 4.57 Å². The number of aliphatic hydroxyl groups excluding tert-OH is 1. The van der Waals surface area contributed by atoms with Crippen molar-refractivity contribution in [3.05, 3.63) is 23.5 Å². The van der Waals surface area contributed by atoms with Gasteiger partial charge in [-0.25, -0.2) is 0 Å². The zero-order chi connectivity index (χ0) is 10.8. The molecule has 2 unspecified atom stereocenters. The first-order chi connectivity index (χ1) is 7.18. The van der Waals surface area contributed by atoms with Gasteiger partial charge in [0.1, 0.15) is 0 Å². The van der Waals surface area contributed by atoms with Gasteiger partial charge in [0, 0.05) is 46.8 Å². The molecule has 0 fully saturated rings. The van der Waals surface area contributed by atoms with Crippen LogP contribution in [0.2, 0.25) is 0 Å². The number of hydrogen-bond acceptors (Lipinski definition) is 2. The molecule has 0 amide bonds. The molecule has 0 bridgehead atoms. The zero-order valence-electron chi connectivity index (χ0n) is 8.98. The Labute approximate surface area is 92.6 Å². The average Bonchev–Trinajstić information content (AvgIpc) is 2.59. The Balaban J connectivity index is 2.16. The summed E-state index contributed by atoms with van der Waals surface area (Å²) in [6.07, 6.45) is 6.40. The summed E-state index contributed by atoms with van der Waals surface area (Å²) in [7, 11) is -0.743. The lowest BCUT2D eigenvalue weighted by Crippen LogP contribution is -2.14. The summed E-state index contributed by atoms with van der Waals surface area (Å²) in [6.45, 7) is 0.797. The van der Waals surface area contributed by atoms with Gasteiger partial charge in [-0.2, -0.15) is 0 Å². The molecule has 3 nitrogen and oxygen atoms in total. The molecule has 84 valence electrons. The van der Waals surface area contributed by atoms with Crippen molar-refractivity contribution in [2.75, 3.05) is 12.0 Å². The predicted molar refractivity (Wildman–Crippen MR) is 61.3 cm³/mol. The van der Waals surface area contributed by atoms with E-state index in [1.807, 2.05) is 12.3 Å². The molecule has 1 aromatic rings. The van der Waals surface area contributed by atoms with Crippen LogP contribution in [0.15, 0.2) is 12.3 Å². The molecule has 1 aromatic heterocycles. The molecule has 0 radical (unpaired) electrons. The Morgan fingerprint density at radius 2 is 2.47 bits per heavy atom. The first-order valence-electron chi connectivity index (χ1n) is 5.34. The first kappa shape index (κ1) is 10.9. The topological polar surface area (TPSA) is 42.2 Å². The molecule has 1 aliphatic carbocycles. The minimum absolute atomic E-state index is 0.290. The highest BCUT2D eigenvalue weighted by Crippen LogP contribution is 2.30. The van der Waals surface area contributed by atoms with E-state index in [9.17, 15) is 9.32 Å². The van der Waals surface area contributed by atoms with Crippen molar-refractivity contribution in [2.24, 2.45) is 0 Å². The molecule has 2 rings (SSSR count). The van der Waals surface area contributed by atoms with Gasteiger partial charge < -0.3 is 9.67 Å². The van der Waals surface area contributed by atoms with E-state index in [0.29, 0.717) is 5.75 Å². The highest BCUT2D eigenvalue weighted by molar-refractivity contribution is 7.84. The highest BCUT2D eigenvalue weighted by atomic mass is 32.2. The number of aliphatic hydroxyl groups is 1. The Bertz CT molecular complexity index is 373. The van der Waals surface area contributed by atoms with Gasteiger partial charge in [0.25, 0.3) is 0 Å². The number of aryl methyl sites for hydroxylation is 1. The summed E-state index contributed by atoms with van der Waals surface area (Å²) >= 11 is 0. The largest absolute Gasteiger partial charge is 0.388 e. The third-order valence-corrected chi connectivity index (χ3v) is 3.74. The molecule has 4 heteroatoms. The van der Waals surface area contributed by atoms with Crippen LogP contribution in [-0.4, -0.2) is 25.9 Å². The van der Waals surface area contributed by atoms with Gasteiger partial charge in [-0.15, -0.1) is 0 Å². The molecule has 2 atom stereocenters.